The molecule has 4 nitrogen and oxygen atoms in total. The van der Waals surface area contributed by atoms with Crippen LogP contribution >= 0.6 is 0 Å². The van der Waals surface area contributed by atoms with E-state index in [0.717, 1.165) is 33.8 Å². The molecule has 29 heavy (non-hydrogen) atoms. The van der Waals surface area contributed by atoms with Crippen LogP contribution in [0.5, 0.6) is 0 Å². The van der Waals surface area contributed by atoms with Gasteiger partial charge in [0, 0.05) is 36.1 Å². The first-order valence-corrected chi connectivity index (χ1v) is 9.66. The molecule has 2 heterocycles. The third-order valence-electron chi connectivity index (χ3n) is 4.99. The molecule has 0 saturated heterocycles. The van der Waals surface area contributed by atoms with Crippen LogP contribution in [0.15, 0.2) is 79.1 Å². The Morgan fingerprint density at radius 2 is 1.76 bits per heavy atom. The minimum atomic E-state index is -0.254. The number of nitrogens with one attached hydrogen (secondary N) is 1. The van der Waals surface area contributed by atoms with Crippen LogP contribution in [-0.4, -0.2) is 14.8 Å². The summed E-state index contributed by atoms with van der Waals surface area (Å²) in [6.45, 7) is 4.79. The van der Waals surface area contributed by atoms with Crippen molar-refractivity contribution >= 4 is 0 Å². The molecule has 2 aromatic heterocycles. The highest BCUT2D eigenvalue weighted by atomic mass is 19.1. The lowest BCUT2D eigenvalue weighted by atomic mass is 10.1. The van der Waals surface area contributed by atoms with Crippen molar-refractivity contribution in [2.24, 2.45) is 0 Å². The topological polar surface area (TPSA) is 42.7 Å². The molecule has 4 aromatic rings. The zero-order valence-corrected chi connectivity index (χ0v) is 16.5. The van der Waals surface area contributed by atoms with Crippen molar-refractivity contribution in [3.8, 4) is 16.9 Å². The number of rotatable bonds is 6. The van der Waals surface area contributed by atoms with E-state index in [2.05, 4.69) is 30.2 Å². The Kier molecular flexibility index (Phi) is 5.49. The van der Waals surface area contributed by atoms with Crippen LogP contribution in [0.2, 0.25) is 0 Å². The van der Waals surface area contributed by atoms with Crippen LogP contribution in [0.1, 0.15) is 29.8 Å². The second-order valence-corrected chi connectivity index (χ2v) is 7.10. The minimum Gasteiger partial charge on any atom is -0.305 e. The largest absolute Gasteiger partial charge is 0.305 e. The number of hydrogen-bond donors (Lipinski definition) is 1. The molecular formula is C24H23FN4. The van der Waals surface area contributed by atoms with Gasteiger partial charge in [-0.05, 0) is 61.9 Å². The fourth-order valence-electron chi connectivity index (χ4n) is 3.41. The molecule has 1 N–H and O–H groups in total. The van der Waals surface area contributed by atoms with Crippen molar-refractivity contribution in [1.82, 2.24) is 20.1 Å². The van der Waals surface area contributed by atoms with Gasteiger partial charge in [0.2, 0.25) is 0 Å². The van der Waals surface area contributed by atoms with E-state index in [-0.39, 0.29) is 11.9 Å². The van der Waals surface area contributed by atoms with Gasteiger partial charge in [0.1, 0.15) is 5.82 Å². The van der Waals surface area contributed by atoms with Crippen LogP contribution in [0.25, 0.3) is 16.9 Å². The van der Waals surface area contributed by atoms with Crippen molar-refractivity contribution in [3.63, 3.8) is 0 Å². The average Bonchev–Trinajstić information content (AvgIpc) is 3.18. The summed E-state index contributed by atoms with van der Waals surface area (Å²) in [7, 11) is 0. The second kappa shape index (κ2) is 8.37. The molecule has 0 radical (unpaired) electrons. The summed E-state index contributed by atoms with van der Waals surface area (Å²) in [5, 5.41) is 8.34. The smallest absolute Gasteiger partial charge is 0.123 e. The molecule has 5 heteroatoms. The van der Waals surface area contributed by atoms with Gasteiger partial charge in [-0.1, -0.05) is 24.3 Å². The lowest BCUT2D eigenvalue weighted by Gasteiger charge is -2.15. The lowest BCUT2D eigenvalue weighted by Crippen LogP contribution is -2.20. The molecule has 1 atom stereocenters. The minimum absolute atomic E-state index is 0.0948. The van der Waals surface area contributed by atoms with Gasteiger partial charge in [-0.2, -0.15) is 5.10 Å². The number of aromatic nitrogens is 3. The lowest BCUT2D eigenvalue weighted by molar-refractivity contribution is 0.559. The normalized spacial score (nSPS) is 12.1. The maximum Gasteiger partial charge on any atom is 0.123 e. The van der Waals surface area contributed by atoms with Gasteiger partial charge in [-0.15, -0.1) is 0 Å². The predicted molar refractivity (Wildman–Crippen MR) is 113 cm³/mol. The van der Waals surface area contributed by atoms with E-state index in [1.807, 2.05) is 53.5 Å². The van der Waals surface area contributed by atoms with E-state index in [1.54, 1.807) is 12.1 Å². The number of benzene rings is 2. The first kappa shape index (κ1) is 19.0. The Morgan fingerprint density at radius 3 is 2.48 bits per heavy atom. The van der Waals surface area contributed by atoms with Gasteiger partial charge >= 0.3 is 0 Å². The van der Waals surface area contributed by atoms with Crippen LogP contribution in [-0.2, 0) is 6.54 Å². The maximum atomic E-state index is 13.4. The molecule has 0 fully saturated rings. The number of para-hydroxylation sites is 1. The summed E-state index contributed by atoms with van der Waals surface area (Å²) in [6.07, 6.45) is 3.84. The van der Waals surface area contributed by atoms with Gasteiger partial charge in [0.05, 0.1) is 17.1 Å². The third kappa shape index (κ3) is 4.25. The van der Waals surface area contributed by atoms with Crippen molar-refractivity contribution in [3.05, 3.63) is 102 Å². The fourth-order valence-corrected chi connectivity index (χ4v) is 3.41. The van der Waals surface area contributed by atoms with E-state index < -0.39 is 0 Å². The van der Waals surface area contributed by atoms with Crippen molar-refractivity contribution in [2.45, 2.75) is 26.4 Å². The molecule has 0 aliphatic rings. The number of nitrogens with zero attached hydrogens (tertiary/aromatic N) is 3. The van der Waals surface area contributed by atoms with Crippen LogP contribution in [0.3, 0.4) is 0 Å². The summed E-state index contributed by atoms with van der Waals surface area (Å²) in [6, 6.07) is 20.5. The number of halogens is 1. The van der Waals surface area contributed by atoms with Gasteiger partial charge in [0.25, 0.3) is 0 Å². The molecule has 4 rings (SSSR count). The molecule has 0 unspecified atom stereocenters. The fraction of sp³-hybridized carbons (Fsp3) is 0.167. The number of pyridine rings is 1. The van der Waals surface area contributed by atoms with Crippen LogP contribution < -0.4 is 5.32 Å². The van der Waals surface area contributed by atoms with E-state index in [0.29, 0.717) is 6.54 Å². The van der Waals surface area contributed by atoms with Gasteiger partial charge in [-0.25, -0.2) is 9.07 Å². The quantitative estimate of drug-likeness (QED) is 0.493. The number of hydrogen-bond acceptors (Lipinski definition) is 3. The van der Waals surface area contributed by atoms with E-state index in [4.69, 9.17) is 5.10 Å². The summed E-state index contributed by atoms with van der Waals surface area (Å²) < 4.78 is 15.3. The standard InChI is InChI=1S/C24H23FN4/c1-17-7-6-14-26-23(17)18(2)27-15-20-16-29(22-8-4-3-5-9-22)28-24(20)19-10-12-21(25)13-11-19/h3-14,16,18,27H,15H2,1-2H3/t18-/m0/s1. The Morgan fingerprint density at radius 1 is 1.00 bits per heavy atom. The predicted octanol–water partition coefficient (Wildman–Crippen LogP) is 5.23. The summed E-state index contributed by atoms with van der Waals surface area (Å²) >= 11 is 0. The van der Waals surface area contributed by atoms with Crippen LogP contribution in [0.4, 0.5) is 4.39 Å². The zero-order chi connectivity index (χ0) is 20.2. The molecule has 0 aliphatic heterocycles. The monoisotopic (exact) mass is 386 g/mol. The summed E-state index contributed by atoms with van der Waals surface area (Å²) in [4.78, 5) is 4.51. The first-order valence-electron chi connectivity index (χ1n) is 9.66. The highest BCUT2D eigenvalue weighted by Gasteiger charge is 2.15. The molecule has 0 saturated carbocycles. The highest BCUT2D eigenvalue weighted by Crippen LogP contribution is 2.25. The van der Waals surface area contributed by atoms with Crippen molar-refractivity contribution in [2.75, 3.05) is 0 Å². The molecule has 0 spiro atoms. The molecule has 0 bridgehead atoms. The Labute approximate surface area is 170 Å². The average molecular weight is 386 g/mol. The van der Waals surface area contributed by atoms with Crippen molar-refractivity contribution < 1.29 is 4.39 Å². The number of aryl methyl sites for hydroxylation is 1. The first-order chi connectivity index (χ1) is 14.1. The summed E-state index contributed by atoms with van der Waals surface area (Å²) in [5.74, 6) is -0.254. The molecule has 2 aromatic carbocycles. The zero-order valence-electron chi connectivity index (χ0n) is 16.5. The van der Waals surface area contributed by atoms with Crippen molar-refractivity contribution in [1.29, 1.82) is 0 Å². The van der Waals surface area contributed by atoms with Gasteiger partial charge in [-0.3, -0.25) is 4.98 Å². The van der Waals surface area contributed by atoms with E-state index in [1.165, 1.54) is 12.1 Å². The Bertz CT molecular complexity index is 1090. The Balaban J connectivity index is 1.65. The highest BCUT2D eigenvalue weighted by molar-refractivity contribution is 5.63. The van der Waals surface area contributed by atoms with Crippen LogP contribution in [0, 0.1) is 12.7 Å². The molecule has 0 aliphatic carbocycles. The van der Waals surface area contributed by atoms with Gasteiger partial charge < -0.3 is 5.32 Å². The Hall–Kier alpha value is -3.31. The molecule has 146 valence electrons. The molecular weight excluding hydrogens is 363 g/mol. The SMILES string of the molecule is Cc1cccnc1[C@H](C)NCc1cn(-c2ccccc2)nc1-c1ccc(F)cc1. The maximum absolute atomic E-state index is 13.4. The molecule has 0 amide bonds. The van der Waals surface area contributed by atoms with E-state index in [9.17, 15) is 4.39 Å². The third-order valence-corrected chi connectivity index (χ3v) is 4.99. The van der Waals surface area contributed by atoms with E-state index >= 15 is 0 Å². The summed E-state index contributed by atoms with van der Waals surface area (Å²) in [5.41, 5.74) is 5.94. The second-order valence-electron chi connectivity index (χ2n) is 7.10. The van der Waals surface area contributed by atoms with Gasteiger partial charge in [0.15, 0.2) is 0 Å².